The minimum atomic E-state index is -4.38. The molecule has 0 aliphatic carbocycles. The van der Waals surface area contributed by atoms with E-state index in [9.17, 15) is 18.0 Å². The van der Waals surface area contributed by atoms with Crippen molar-refractivity contribution in [2.24, 2.45) is 0 Å². The molecule has 1 N–H and O–H groups in total. The number of alkyl halides is 3. The Hall–Kier alpha value is -0.820. The smallest absolute Gasteiger partial charge is 0.323 e. The van der Waals surface area contributed by atoms with E-state index in [1.165, 1.54) is 29.6 Å². The van der Waals surface area contributed by atoms with Crippen LogP contribution in [0.3, 0.4) is 0 Å². The van der Waals surface area contributed by atoms with Crippen LogP contribution in [0.5, 0.6) is 0 Å². The molecule has 1 spiro atoms. The minimum Gasteiger partial charge on any atom is -0.323 e. The maximum absolute atomic E-state index is 12.7. The second-order valence-electron chi connectivity index (χ2n) is 4.03. The van der Waals surface area contributed by atoms with Gasteiger partial charge in [0.2, 0.25) is 0 Å². The van der Waals surface area contributed by atoms with Crippen molar-refractivity contribution >= 4 is 35.1 Å². The third-order valence-electron chi connectivity index (χ3n) is 2.94. The molecule has 1 saturated heterocycles. The predicted molar refractivity (Wildman–Crippen MR) is 66.7 cm³/mol. The summed E-state index contributed by atoms with van der Waals surface area (Å²) in [6, 6.07) is 3.44. The van der Waals surface area contributed by atoms with Gasteiger partial charge in [0, 0.05) is 22.8 Å². The quantitative estimate of drug-likeness (QED) is 0.795. The molecule has 0 atom stereocenters. The molecule has 18 heavy (non-hydrogen) atoms. The van der Waals surface area contributed by atoms with E-state index in [1.807, 2.05) is 0 Å². The number of carbonyl (C=O) groups excluding carboxylic acids is 1. The predicted octanol–water partition coefficient (Wildman–Crippen LogP) is 3.29. The molecule has 2 heterocycles. The molecule has 7 heteroatoms. The first-order valence-corrected chi connectivity index (χ1v) is 7.22. The number of halogens is 3. The van der Waals surface area contributed by atoms with Crippen LogP contribution in [0, 0.1) is 0 Å². The van der Waals surface area contributed by atoms with Crippen molar-refractivity contribution in [1.29, 1.82) is 0 Å². The maximum atomic E-state index is 12.7. The Morgan fingerprint density at radius 2 is 1.89 bits per heavy atom. The topological polar surface area (TPSA) is 29.1 Å². The van der Waals surface area contributed by atoms with Crippen LogP contribution in [-0.2, 0) is 15.0 Å². The summed E-state index contributed by atoms with van der Waals surface area (Å²) >= 11 is 2.81. The van der Waals surface area contributed by atoms with E-state index in [1.54, 1.807) is 0 Å². The van der Waals surface area contributed by atoms with Crippen molar-refractivity contribution in [1.82, 2.24) is 0 Å². The number of hydrogen-bond donors (Lipinski definition) is 1. The summed E-state index contributed by atoms with van der Waals surface area (Å²) in [5.41, 5.74) is 0.245. The van der Waals surface area contributed by atoms with Gasteiger partial charge in [-0.25, -0.2) is 0 Å². The van der Waals surface area contributed by atoms with Crippen LogP contribution in [0.25, 0.3) is 0 Å². The number of carbonyl (C=O) groups is 1. The van der Waals surface area contributed by atoms with E-state index in [0.29, 0.717) is 11.3 Å². The summed E-state index contributed by atoms with van der Waals surface area (Å²) in [4.78, 5) is 12.0. The van der Waals surface area contributed by atoms with Gasteiger partial charge in [0.1, 0.15) is 0 Å². The number of rotatable bonds is 0. The number of hydrogen-bond acceptors (Lipinski definition) is 3. The molecule has 1 aromatic rings. The highest BCUT2D eigenvalue weighted by molar-refractivity contribution is 8.21. The lowest BCUT2D eigenvalue weighted by molar-refractivity contribution is -0.137. The number of fused-ring (bicyclic) bond motifs is 2. The van der Waals surface area contributed by atoms with Gasteiger partial charge >= 0.3 is 6.18 Å². The molecule has 0 unspecified atom stereocenters. The van der Waals surface area contributed by atoms with Crippen molar-refractivity contribution in [3.05, 3.63) is 29.3 Å². The van der Waals surface area contributed by atoms with E-state index < -0.39 is 15.8 Å². The fraction of sp³-hybridized carbons (Fsp3) is 0.364. The lowest BCUT2D eigenvalue weighted by Gasteiger charge is -2.19. The number of amides is 1. The van der Waals surface area contributed by atoms with E-state index >= 15 is 0 Å². The molecular formula is C11H8F3NOS2. The highest BCUT2D eigenvalue weighted by Gasteiger charge is 2.51. The molecule has 3 rings (SSSR count). The van der Waals surface area contributed by atoms with Crippen LogP contribution in [-0.4, -0.2) is 17.4 Å². The Morgan fingerprint density at radius 3 is 2.50 bits per heavy atom. The second-order valence-corrected chi connectivity index (χ2v) is 6.90. The summed E-state index contributed by atoms with van der Waals surface area (Å²) in [6.07, 6.45) is -4.38. The zero-order valence-corrected chi connectivity index (χ0v) is 10.6. The van der Waals surface area contributed by atoms with Crippen LogP contribution in [0.1, 0.15) is 11.1 Å². The molecule has 1 amide bonds. The molecule has 0 saturated carbocycles. The van der Waals surface area contributed by atoms with Crippen molar-refractivity contribution in [3.63, 3.8) is 0 Å². The van der Waals surface area contributed by atoms with Gasteiger partial charge in [0.05, 0.1) is 5.56 Å². The van der Waals surface area contributed by atoms with Crippen LogP contribution in [0.4, 0.5) is 18.9 Å². The van der Waals surface area contributed by atoms with Crippen LogP contribution in [0.2, 0.25) is 0 Å². The maximum Gasteiger partial charge on any atom is 0.416 e. The van der Waals surface area contributed by atoms with Gasteiger partial charge in [0.15, 0.2) is 4.08 Å². The molecule has 2 aliphatic rings. The summed E-state index contributed by atoms with van der Waals surface area (Å²) in [6.45, 7) is 0. The normalized spacial score (nSPS) is 21.2. The highest BCUT2D eigenvalue weighted by Crippen LogP contribution is 2.58. The highest BCUT2D eigenvalue weighted by atomic mass is 32.2. The van der Waals surface area contributed by atoms with Crippen LogP contribution in [0.15, 0.2) is 18.2 Å². The minimum absolute atomic E-state index is 0.218. The summed E-state index contributed by atoms with van der Waals surface area (Å²) in [5, 5.41) is 2.66. The lowest BCUT2D eigenvalue weighted by Crippen LogP contribution is -2.25. The largest absolute Gasteiger partial charge is 0.416 e. The van der Waals surface area contributed by atoms with Crippen LogP contribution < -0.4 is 5.32 Å². The van der Waals surface area contributed by atoms with E-state index in [2.05, 4.69) is 5.32 Å². The van der Waals surface area contributed by atoms with E-state index in [4.69, 9.17) is 0 Å². The average Bonchev–Trinajstić information content (AvgIpc) is 2.87. The first-order chi connectivity index (χ1) is 8.43. The third-order valence-corrected chi connectivity index (χ3v) is 6.35. The van der Waals surface area contributed by atoms with Gasteiger partial charge in [-0.15, -0.1) is 23.5 Å². The Balaban J connectivity index is 2.14. The van der Waals surface area contributed by atoms with E-state index in [0.717, 1.165) is 23.6 Å². The van der Waals surface area contributed by atoms with Gasteiger partial charge < -0.3 is 5.32 Å². The Kier molecular flexibility index (Phi) is 2.60. The Bertz CT molecular complexity index is 524. The summed E-state index contributed by atoms with van der Waals surface area (Å²) in [5.74, 6) is 1.32. The summed E-state index contributed by atoms with van der Waals surface area (Å²) < 4.78 is 37.3. The molecule has 0 radical (unpaired) electrons. The zero-order valence-electron chi connectivity index (χ0n) is 9.00. The molecule has 96 valence electrons. The lowest BCUT2D eigenvalue weighted by atomic mass is 10.1. The molecule has 1 aromatic carbocycles. The zero-order chi connectivity index (χ0) is 13.0. The van der Waals surface area contributed by atoms with Crippen molar-refractivity contribution in [2.45, 2.75) is 10.3 Å². The Labute approximate surface area is 110 Å². The van der Waals surface area contributed by atoms with Gasteiger partial charge in [-0.3, -0.25) is 4.79 Å². The fourth-order valence-corrected chi connectivity index (χ4v) is 5.22. The molecule has 2 aliphatic heterocycles. The van der Waals surface area contributed by atoms with E-state index in [-0.39, 0.29) is 5.91 Å². The number of thioether (sulfide) groups is 2. The SMILES string of the molecule is O=C1Nc2ccc(C(F)(F)F)cc2C12SCCS2. The van der Waals surface area contributed by atoms with Crippen molar-refractivity contribution in [3.8, 4) is 0 Å². The first-order valence-electron chi connectivity index (χ1n) is 5.24. The fourth-order valence-electron chi connectivity index (χ4n) is 2.13. The monoisotopic (exact) mass is 291 g/mol. The second kappa shape index (κ2) is 3.84. The van der Waals surface area contributed by atoms with Gasteiger partial charge in [-0.05, 0) is 18.2 Å². The van der Waals surface area contributed by atoms with Crippen LogP contribution >= 0.6 is 23.5 Å². The Morgan fingerprint density at radius 1 is 1.22 bits per heavy atom. The van der Waals surface area contributed by atoms with Gasteiger partial charge in [-0.1, -0.05) is 0 Å². The number of anilines is 1. The number of benzene rings is 1. The molecule has 0 aromatic heterocycles. The van der Waals surface area contributed by atoms with Crippen molar-refractivity contribution < 1.29 is 18.0 Å². The molecule has 0 bridgehead atoms. The first kappa shape index (κ1) is 12.2. The number of nitrogens with one attached hydrogen (secondary N) is 1. The molecular weight excluding hydrogens is 283 g/mol. The third kappa shape index (κ3) is 1.64. The van der Waals surface area contributed by atoms with Gasteiger partial charge in [-0.2, -0.15) is 13.2 Å². The standard InChI is InChI=1S/C11H8F3NOS2/c12-11(13,14)6-1-2-8-7(5-6)10(9(16)15-8)17-3-4-18-10/h1-2,5H,3-4H2,(H,15,16). The molecule has 2 nitrogen and oxygen atoms in total. The summed E-state index contributed by atoms with van der Waals surface area (Å²) in [7, 11) is 0. The van der Waals surface area contributed by atoms with Gasteiger partial charge in [0.25, 0.3) is 5.91 Å². The van der Waals surface area contributed by atoms with Crippen molar-refractivity contribution in [2.75, 3.05) is 16.8 Å². The molecule has 1 fully saturated rings. The average molecular weight is 291 g/mol.